The third kappa shape index (κ3) is 2.69. The second-order valence-corrected chi connectivity index (χ2v) is 6.46. The highest BCUT2D eigenvalue weighted by atomic mass is 32.2. The molecule has 0 amide bonds. The SMILES string of the molecule is CSC1(CN)CCN(CC2CCC2)CC1. The normalized spacial score (nSPS) is 27.6. The van der Waals surface area contributed by atoms with Crippen molar-refractivity contribution >= 4 is 11.8 Å². The second kappa shape index (κ2) is 5.07. The number of hydrogen-bond acceptors (Lipinski definition) is 3. The van der Waals surface area contributed by atoms with E-state index in [2.05, 4.69) is 11.2 Å². The lowest BCUT2D eigenvalue weighted by atomic mass is 9.84. The highest BCUT2D eigenvalue weighted by molar-refractivity contribution is 8.00. The summed E-state index contributed by atoms with van der Waals surface area (Å²) >= 11 is 1.98. The lowest BCUT2D eigenvalue weighted by Gasteiger charge is -2.42. The molecule has 2 aliphatic rings. The Labute approximate surface area is 98.0 Å². The first-order valence-corrected chi connectivity index (χ1v) is 7.48. The maximum Gasteiger partial charge on any atom is 0.0303 e. The molecule has 1 aliphatic carbocycles. The number of nitrogens with zero attached hydrogens (tertiary/aromatic N) is 1. The standard InChI is InChI=1S/C12H24N2S/c1-15-12(10-13)5-7-14(8-6-12)9-11-3-2-4-11/h11H,2-10,13H2,1H3. The zero-order valence-corrected chi connectivity index (χ0v) is 10.7. The van der Waals surface area contributed by atoms with Gasteiger partial charge in [0.15, 0.2) is 0 Å². The monoisotopic (exact) mass is 228 g/mol. The van der Waals surface area contributed by atoms with E-state index in [4.69, 9.17) is 5.73 Å². The average Bonchev–Trinajstić information content (AvgIpc) is 2.25. The Kier molecular flexibility index (Phi) is 3.97. The summed E-state index contributed by atoms with van der Waals surface area (Å²) in [5, 5.41) is 0. The molecule has 2 N–H and O–H groups in total. The Hall–Kier alpha value is 0.270. The van der Waals surface area contributed by atoms with Crippen LogP contribution in [0.3, 0.4) is 0 Å². The predicted molar refractivity (Wildman–Crippen MR) is 68.3 cm³/mol. The van der Waals surface area contributed by atoms with E-state index in [9.17, 15) is 0 Å². The van der Waals surface area contributed by atoms with E-state index >= 15 is 0 Å². The van der Waals surface area contributed by atoms with Crippen molar-refractivity contribution in [3.05, 3.63) is 0 Å². The molecule has 3 heteroatoms. The van der Waals surface area contributed by atoms with Crippen LogP contribution in [0.1, 0.15) is 32.1 Å². The van der Waals surface area contributed by atoms with Gasteiger partial charge in [-0.1, -0.05) is 6.42 Å². The number of hydrogen-bond donors (Lipinski definition) is 1. The van der Waals surface area contributed by atoms with Crippen LogP contribution in [0.25, 0.3) is 0 Å². The molecule has 2 fully saturated rings. The average molecular weight is 228 g/mol. The van der Waals surface area contributed by atoms with E-state index in [1.807, 2.05) is 11.8 Å². The van der Waals surface area contributed by atoms with Gasteiger partial charge >= 0.3 is 0 Å². The van der Waals surface area contributed by atoms with Gasteiger partial charge in [0.1, 0.15) is 0 Å². The molecule has 0 aromatic carbocycles. The molecule has 1 aliphatic heterocycles. The zero-order chi connectivity index (χ0) is 10.7. The molecule has 1 heterocycles. The smallest absolute Gasteiger partial charge is 0.0303 e. The first kappa shape index (κ1) is 11.7. The van der Waals surface area contributed by atoms with Gasteiger partial charge in [-0.3, -0.25) is 0 Å². The predicted octanol–water partition coefficient (Wildman–Crippen LogP) is 1.94. The highest BCUT2D eigenvalue weighted by Gasteiger charge is 2.33. The quantitative estimate of drug-likeness (QED) is 0.797. The van der Waals surface area contributed by atoms with Crippen molar-refractivity contribution in [2.75, 3.05) is 32.4 Å². The van der Waals surface area contributed by atoms with E-state index in [-0.39, 0.29) is 0 Å². The minimum Gasteiger partial charge on any atom is -0.329 e. The largest absolute Gasteiger partial charge is 0.329 e. The molecule has 1 saturated carbocycles. The van der Waals surface area contributed by atoms with E-state index in [1.165, 1.54) is 51.7 Å². The summed E-state index contributed by atoms with van der Waals surface area (Å²) in [5.74, 6) is 1.02. The van der Waals surface area contributed by atoms with Gasteiger partial charge < -0.3 is 10.6 Å². The molecule has 0 spiro atoms. The van der Waals surface area contributed by atoms with Gasteiger partial charge in [-0.2, -0.15) is 11.8 Å². The second-order valence-electron chi connectivity index (χ2n) is 5.19. The van der Waals surface area contributed by atoms with Crippen molar-refractivity contribution in [2.24, 2.45) is 11.7 Å². The fourth-order valence-corrected chi connectivity index (χ4v) is 3.43. The molecule has 0 atom stereocenters. The minimum atomic E-state index is 0.399. The van der Waals surface area contributed by atoms with Gasteiger partial charge in [0.25, 0.3) is 0 Å². The number of thioether (sulfide) groups is 1. The Morgan fingerprint density at radius 3 is 2.40 bits per heavy atom. The van der Waals surface area contributed by atoms with Gasteiger partial charge in [0, 0.05) is 17.8 Å². The summed E-state index contributed by atoms with van der Waals surface area (Å²) in [6, 6.07) is 0. The number of rotatable bonds is 4. The molecule has 1 saturated heterocycles. The van der Waals surface area contributed by atoms with Crippen LogP contribution in [-0.4, -0.2) is 42.1 Å². The van der Waals surface area contributed by atoms with Crippen molar-refractivity contribution < 1.29 is 0 Å². The zero-order valence-electron chi connectivity index (χ0n) is 9.87. The summed E-state index contributed by atoms with van der Waals surface area (Å²) in [4.78, 5) is 2.66. The summed E-state index contributed by atoms with van der Waals surface area (Å²) < 4.78 is 0.399. The molecule has 2 rings (SSSR count). The van der Waals surface area contributed by atoms with E-state index < -0.39 is 0 Å². The Morgan fingerprint density at radius 1 is 1.33 bits per heavy atom. The van der Waals surface area contributed by atoms with Crippen LogP contribution in [0.5, 0.6) is 0 Å². The lowest BCUT2D eigenvalue weighted by molar-refractivity contribution is 0.142. The summed E-state index contributed by atoms with van der Waals surface area (Å²) in [7, 11) is 0. The number of nitrogens with two attached hydrogens (primary N) is 1. The van der Waals surface area contributed by atoms with Gasteiger partial charge in [-0.15, -0.1) is 0 Å². The Balaban J connectivity index is 1.75. The third-order valence-corrected chi connectivity index (χ3v) is 5.75. The van der Waals surface area contributed by atoms with Crippen LogP contribution in [0, 0.1) is 5.92 Å². The first-order chi connectivity index (χ1) is 7.28. The summed E-state index contributed by atoms with van der Waals surface area (Å²) in [6.45, 7) is 4.75. The van der Waals surface area contributed by atoms with Crippen molar-refractivity contribution in [2.45, 2.75) is 36.9 Å². The van der Waals surface area contributed by atoms with Crippen LogP contribution in [0.15, 0.2) is 0 Å². The molecule has 0 bridgehead atoms. The van der Waals surface area contributed by atoms with Crippen LogP contribution in [0.2, 0.25) is 0 Å². The maximum absolute atomic E-state index is 5.89. The van der Waals surface area contributed by atoms with E-state index in [0.29, 0.717) is 4.75 Å². The van der Waals surface area contributed by atoms with E-state index in [1.54, 1.807) is 0 Å². The van der Waals surface area contributed by atoms with Crippen LogP contribution >= 0.6 is 11.8 Å². The van der Waals surface area contributed by atoms with Gasteiger partial charge in [0.05, 0.1) is 0 Å². The van der Waals surface area contributed by atoms with Crippen molar-refractivity contribution in [3.63, 3.8) is 0 Å². The molecule has 88 valence electrons. The first-order valence-electron chi connectivity index (χ1n) is 6.25. The number of piperidine rings is 1. The van der Waals surface area contributed by atoms with Gasteiger partial charge in [0.2, 0.25) is 0 Å². The molecule has 2 nitrogen and oxygen atoms in total. The van der Waals surface area contributed by atoms with Crippen LogP contribution in [-0.2, 0) is 0 Å². The Bertz CT molecular complexity index is 190. The van der Waals surface area contributed by atoms with Crippen molar-refractivity contribution in [3.8, 4) is 0 Å². The van der Waals surface area contributed by atoms with Gasteiger partial charge in [-0.05, 0) is 50.9 Å². The molecule has 0 aromatic heterocycles. The summed E-state index contributed by atoms with van der Waals surface area (Å²) in [5.41, 5.74) is 5.89. The lowest BCUT2D eigenvalue weighted by Crippen LogP contribution is -2.48. The topological polar surface area (TPSA) is 29.3 Å². The summed E-state index contributed by atoms with van der Waals surface area (Å²) in [6.07, 6.45) is 9.21. The van der Waals surface area contributed by atoms with Crippen molar-refractivity contribution in [1.82, 2.24) is 4.90 Å². The molecule has 0 aromatic rings. The molecule has 0 unspecified atom stereocenters. The maximum atomic E-state index is 5.89. The fourth-order valence-electron chi connectivity index (χ4n) is 2.68. The fraction of sp³-hybridized carbons (Fsp3) is 1.00. The molecular weight excluding hydrogens is 204 g/mol. The highest BCUT2D eigenvalue weighted by Crippen LogP contribution is 2.35. The molecular formula is C12H24N2S. The van der Waals surface area contributed by atoms with Crippen LogP contribution < -0.4 is 5.73 Å². The molecule has 0 radical (unpaired) electrons. The minimum absolute atomic E-state index is 0.399. The van der Waals surface area contributed by atoms with Gasteiger partial charge in [-0.25, -0.2) is 0 Å². The molecule has 15 heavy (non-hydrogen) atoms. The van der Waals surface area contributed by atoms with E-state index in [0.717, 1.165) is 12.5 Å². The third-order valence-electron chi connectivity index (χ3n) is 4.31. The van der Waals surface area contributed by atoms with Crippen molar-refractivity contribution in [1.29, 1.82) is 0 Å². The number of likely N-dealkylation sites (tertiary alicyclic amines) is 1. The van der Waals surface area contributed by atoms with Crippen LogP contribution in [0.4, 0.5) is 0 Å². The Morgan fingerprint density at radius 2 is 2.00 bits per heavy atom.